The van der Waals surface area contributed by atoms with Gasteiger partial charge in [0.1, 0.15) is 11.8 Å². The van der Waals surface area contributed by atoms with E-state index in [-0.39, 0.29) is 5.78 Å². The summed E-state index contributed by atoms with van der Waals surface area (Å²) < 4.78 is 15.9. The molecular formula is C14H29NO6Si. The summed E-state index contributed by atoms with van der Waals surface area (Å²) in [5.74, 6) is -2.06. The van der Waals surface area contributed by atoms with Crippen LogP contribution in [0.25, 0.3) is 0 Å². The molecule has 0 aliphatic rings. The summed E-state index contributed by atoms with van der Waals surface area (Å²) in [5, 5.41) is 9.12. The lowest BCUT2D eigenvalue weighted by molar-refractivity contribution is -0.144. The number of rotatable bonds is 10. The van der Waals surface area contributed by atoms with Crippen LogP contribution in [0.2, 0.25) is 6.04 Å². The van der Waals surface area contributed by atoms with Crippen molar-refractivity contribution in [3.05, 3.63) is 0 Å². The first-order valence-electron chi connectivity index (χ1n) is 7.22. The van der Waals surface area contributed by atoms with Gasteiger partial charge in [-0.2, -0.15) is 0 Å². The summed E-state index contributed by atoms with van der Waals surface area (Å²) in [7, 11) is 1.82. The Kier molecular flexibility index (Phi) is 8.41. The molecule has 0 saturated carbocycles. The van der Waals surface area contributed by atoms with E-state index in [0.717, 1.165) is 0 Å². The quantitative estimate of drug-likeness (QED) is 0.579. The molecule has 8 heteroatoms. The fourth-order valence-corrected chi connectivity index (χ4v) is 4.05. The highest BCUT2D eigenvalue weighted by atomic mass is 28.4. The number of aliphatic carboxylic acids is 1. The number of carbonyl (C=O) groups is 2. The summed E-state index contributed by atoms with van der Waals surface area (Å²) in [4.78, 5) is 23.6. The minimum absolute atomic E-state index is 0.151. The van der Waals surface area contributed by atoms with Crippen molar-refractivity contribution >= 4 is 20.6 Å². The highest BCUT2D eigenvalue weighted by molar-refractivity contribution is 6.60. The smallest absolute Gasteiger partial charge is 0.480 e. The zero-order valence-corrected chi connectivity index (χ0v) is 15.3. The van der Waals surface area contributed by atoms with Gasteiger partial charge < -0.3 is 24.1 Å². The van der Waals surface area contributed by atoms with Gasteiger partial charge in [-0.1, -0.05) is 20.8 Å². The number of nitrogens with two attached hydrogens (primary N) is 1. The number of hydrogen-bond donors (Lipinski definition) is 2. The molecular weight excluding hydrogens is 306 g/mol. The Hall–Kier alpha value is -0.803. The van der Waals surface area contributed by atoms with Crippen LogP contribution in [0.5, 0.6) is 0 Å². The molecule has 2 atom stereocenters. The third-order valence-corrected chi connectivity index (χ3v) is 6.56. The number of carbonyl (C=O) groups excluding carboxylic acids is 1. The van der Waals surface area contributed by atoms with Crippen molar-refractivity contribution in [3.8, 4) is 0 Å². The van der Waals surface area contributed by atoms with E-state index in [0.29, 0.717) is 18.9 Å². The molecule has 0 amide bonds. The second-order valence-corrected chi connectivity index (χ2v) is 9.36. The number of carboxylic acid groups (broad SMARTS) is 1. The van der Waals surface area contributed by atoms with Gasteiger partial charge in [0.2, 0.25) is 0 Å². The van der Waals surface area contributed by atoms with E-state index in [1.165, 1.54) is 21.3 Å². The molecule has 0 aromatic rings. The Labute approximate surface area is 133 Å². The number of carboxylic acids is 1. The Bertz CT molecular complexity index is 370. The molecule has 0 heterocycles. The lowest BCUT2D eigenvalue weighted by Gasteiger charge is -2.28. The highest BCUT2D eigenvalue weighted by Crippen LogP contribution is 2.27. The molecule has 0 aliphatic carbocycles. The zero-order valence-electron chi connectivity index (χ0n) is 14.3. The second-order valence-electron chi connectivity index (χ2n) is 6.27. The fourth-order valence-electron chi connectivity index (χ4n) is 2.30. The molecule has 0 radical (unpaired) electrons. The number of hydrogen-bond acceptors (Lipinski definition) is 6. The highest BCUT2D eigenvalue weighted by Gasteiger charge is 2.40. The fraction of sp³-hybridized carbons (Fsp3) is 0.857. The molecule has 0 aliphatic heterocycles. The summed E-state index contributed by atoms with van der Waals surface area (Å²) in [6.45, 7) is 5.28. The van der Waals surface area contributed by atoms with E-state index in [2.05, 4.69) is 0 Å². The predicted molar refractivity (Wildman–Crippen MR) is 84.4 cm³/mol. The average Bonchev–Trinajstić information content (AvgIpc) is 2.46. The van der Waals surface area contributed by atoms with Crippen LogP contribution in [0, 0.1) is 11.3 Å². The van der Waals surface area contributed by atoms with E-state index < -0.39 is 32.1 Å². The van der Waals surface area contributed by atoms with E-state index >= 15 is 0 Å². The van der Waals surface area contributed by atoms with Crippen LogP contribution in [-0.2, 0) is 22.9 Å². The Morgan fingerprint density at radius 3 is 1.91 bits per heavy atom. The van der Waals surface area contributed by atoms with Crippen LogP contribution in [0.15, 0.2) is 0 Å². The molecule has 0 fully saturated rings. The molecule has 7 nitrogen and oxygen atoms in total. The average molecular weight is 335 g/mol. The summed E-state index contributed by atoms with van der Waals surface area (Å²) in [6.07, 6.45) is 0.892. The van der Waals surface area contributed by atoms with E-state index in [1.807, 2.05) is 0 Å². The van der Waals surface area contributed by atoms with Gasteiger partial charge in [-0.05, 0) is 12.8 Å². The first kappa shape index (κ1) is 21.2. The molecule has 22 heavy (non-hydrogen) atoms. The minimum Gasteiger partial charge on any atom is -0.480 e. The van der Waals surface area contributed by atoms with Crippen LogP contribution in [0.1, 0.15) is 33.6 Å². The standard InChI is InChI=1S/C14H29NO6Si/c1-14(2,3)12(16)10(11(15)13(17)18)8-7-9-22(19-4,20-5)21-6/h10-11H,7-9,15H2,1-6H3,(H,17,18). The maximum absolute atomic E-state index is 12.4. The van der Waals surface area contributed by atoms with Gasteiger partial charge in [-0.25, -0.2) is 0 Å². The van der Waals surface area contributed by atoms with Crippen molar-refractivity contribution < 1.29 is 28.0 Å². The molecule has 0 bridgehead atoms. The lowest BCUT2D eigenvalue weighted by atomic mass is 9.78. The van der Waals surface area contributed by atoms with Crippen molar-refractivity contribution in [2.24, 2.45) is 17.1 Å². The molecule has 2 unspecified atom stereocenters. The molecule has 3 N–H and O–H groups in total. The van der Waals surface area contributed by atoms with Gasteiger partial charge in [0, 0.05) is 38.7 Å². The summed E-state index contributed by atoms with van der Waals surface area (Å²) in [6, 6.07) is -0.716. The molecule has 0 aromatic carbocycles. The number of Topliss-reactive ketones (excluding diaryl/α,β-unsaturated/α-hetero) is 1. The van der Waals surface area contributed by atoms with Gasteiger partial charge in [0.05, 0.1) is 0 Å². The van der Waals surface area contributed by atoms with Gasteiger partial charge in [-0.3, -0.25) is 9.59 Å². The molecule has 0 aromatic heterocycles. The normalized spacial score (nSPS) is 15.4. The lowest BCUT2D eigenvalue weighted by Crippen LogP contribution is -2.46. The van der Waals surface area contributed by atoms with E-state index in [1.54, 1.807) is 20.8 Å². The second kappa shape index (κ2) is 8.73. The monoisotopic (exact) mass is 335 g/mol. The van der Waals surface area contributed by atoms with Crippen LogP contribution >= 0.6 is 0 Å². The maximum atomic E-state index is 12.4. The minimum atomic E-state index is -2.73. The third kappa shape index (κ3) is 5.77. The van der Waals surface area contributed by atoms with Crippen molar-refractivity contribution in [1.29, 1.82) is 0 Å². The van der Waals surface area contributed by atoms with Crippen LogP contribution < -0.4 is 5.73 Å². The molecule has 0 spiro atoms. The molecule has 0 saturated heterocycles. The molecule has 130 valence electrons. The van der Waals surface area contributed by atoms with Gasteiger partial charge in [0.15, 0.2) is 0 Å². The van der Waals surface area contributed by atoms with Gasteiger partial charge >= 0.3 is 14.8 Å². The number of ketones is 1. The van der Waals surface area contributed by atoms with Crippen molar-refractivity contribution in [1.82, 2.24) is 0 Å². The SMILES string of the molecule is CO[Si](CCCC(C(=O)C(C)(C)C)C(N)C(=O)O)(OC)OC. The van der Waals surface area contributed by atoms with Crippen molar-refractivity contribution in [2.45, 2.75) is 45.7 Å². The van der Waals surface area contributed by atoms with Crippen LogP contribution in [0.3, 0.4) is 0 Å². The first-order valence-corrected chi connectivity index (χ1v) is 9.16. The van der Waals surface area contributed by atoms with Crippen LogP contribution in [0.4, 0.5) is 0 Å². The maximum Gasteiger partial charge on any atom is 0.500 e. The Morgan fingerprint density at radius 2 is 1.59 bits per heavy atom. The van der Waals surface area contributed by atoms with E-state index in [4.69, 9.17) is 24.1 Å². The van der Waals surface area contributed by atoms with Crippen molar-refractivity contribution in [2.75, 3.05) is 21.3 Å². The van der Waals surface area contributed by atoms with Gasteiger partial charge in [-0.15, -0.1) is 0 Å². The van der Waals surface area contributed by atoms with Crippen LogP contribution in [-0.4, -0.2) is 53.0 Å². The third-order valence-electron chi connectivity index (χ3n) is 3.73. The van der Waals surface area contributed by atoms with E-state index in [9.17, 15) is 9.59 Å². The summed E-state index contributed by atoms with van der Waals surface area (Å²) in [5.41, 5.74) is 5.06. The Balaban J connectivity index is 4.95. The molecule has 0 rings (SSSR count). The summed E-state index contributed by atoms with van der Waals surface area (Å²) >= 11 is 0. The largest absolute Gasteiger partial charge is 0.500 e. The van der Waals surface area contributed by atoms with Crippen molar-refractivity contribution in [3.63, 3.8) is 0 Å². The topological polar surface area (TPSA) is 108 Å². The predicted octanol–water partition coefficient (Wildman–Crippen LogP) is 1.29. The van der Waals surface area contributed by atoms with Gasteiger partial charge in [0.25, 0.3) is 0 Å². The first-order chi connectivity index (χ1) is 10.0. The zero-order chi connectivity index (χ0) is 17.6. The Morgan fingerprint density at radius 1 is 1.14 bits per heavy atom.